The molecule has 1 aromatic carbocycles. The molecule has 2 rings (SSSR count). The van der Waals surface area contributed by atoms with Gasteiger partial charge in [0.25, 0.3) is 0 Å². The minimum atomic E-state index is 0.0950. The molecule has 0 saturated heterocycles. The lowest BCUT2D eigenvalue weighted by atomic mass is 9.92. The average Bonchev–Trinajstić information content (AvgIpc) is 2.43. The first-order valence-electron chi connectivity index (χ1n) is 6.73. The monoisotopic (exact) mass is 243 g/mol. The normalized spacial score (nSPS) is 19.9. The molecule has 0 radical (unpaired) electrons. The smallest absolute Gasteiger partial charge is 0.0989 e. The van der Waals surface area contributed by atoms with E-state index in [1.165, 1.54) is 11.1 Å². The maximum atomic E-state index is 5.96. The first-order chi connectivity index (χ1) is 8.86. The molecule has 0 bridgehead atoms. The van der Waals surface area contributed by atoms with E-state index in [0.29, 0.717) is 6.42 Å². The second-order valence-corrected chi connectivity index (χ2v) is 4.71. The van der Waals surface area contributed by atoms with E-state index < -0.39 is 0 Å². The van der Waals surface area contributed by atoms with Gasteiger partial charge in [-0.2, -0.15) is 0 Å². The minimum Gasteiger partial charge on any atom is -0.372 e. The molecule has 2 unspecified atom stereocenters. The van der Waals surface area contributed by atoms with E-state index >= 15 is 0 Å². The van der Waals surface area contributed by atoms with Crippen LogP contribution in [0.15, 0.2) is 24.3 Å². The van der Waals surface area contributed by atoms with Crippen LogP contribution in [0.25, 0.3) is 0 Å². The van der Waals surface area contributed by atoms with Crippen LogP contribution in [-0.2, 0) is 11.2 Å². The van der Waals surface area contributed by atoms with Crippen LogP contribution in [0.5, 0.6) is 0 Å². The number of ether oxygens (including phenoxy) is 1. The van der Waals surface area contributed by atoms with Gasteiger partial charge >= 0.3 is 0 Å². The predicted octanol–water partition coefficient (Wildman–Crippen LogP) is 2.69. The summed E-state index contributed by atoms with van der Waals surface area (Å²) in [5.74, 6) is 2.76. The fourth-order valence-electron chi connectivity index (χ4n) is 2.50. The summed E-state index contributed by atoms with van der Waals surface area (Å²) in [6, 6.07) is 8.74. The van der Waals surface area contributed by atoms with E-state index in [1.807, 2.05) is 0 Å². The zero-order chi connectivity index (χ0) is 12.8. The van der Waals surface area contributed by atoms with Crippen molar-refractivity contribution in [3.05, 3.63) is 35.4 Å². The minimum absolute atomic E-state index is 0.0950. The van der Waals surface area contributed by atoms with E-state index in [1.54, 1.807) is 0 Å². The van der Waals surface area contributed by atoms with Gasteiger partial charge in [-0.3, -0.25) is 0 Å². The Morgan fingerprint density at radius 2 is 2.33 bits per heavy atom. The Kier molecular flexibility index (Phi) is 4.81. The summed E-state index contributed by atoms with van der Waals surface area (Å²) >= 11 is 0. The molecule has 2 atom stereocenters. The fraction of sp³-hybridized carbons (Fsp3) is 0.500. The molecule has 0 fully saturated rings. The summed E-state index contributed by atoms with van der Waals surface area (Å²) < 4.78 is 5.96. The van der Waals surface area contributed by atoms with Gasteiger partial charge in [-0.15, -0.1) is 12.3 Å². The molecule has 1 N–H and O–H groups in total. The SMILES string of the molecule is C#CCC(NCCC)C1OCCc2ccccc21. The summed E-state index contributed by atoms with van der Waals surface area (Å²) in [6.07, 6.45) is 8.39. The standard InChI is InChI=1S/C16H21NO/c1-3-7-15(17-11-4-2)16-14-9-6-5-8-13(14)10-12-18-16/h1,5-6,8-9,15-17H,4,7,10-12H2,2H3. The van der Waals surface area contributed by atoms with Crippen LogP contribution in [0.4, 0.5) is 0 Å². The van der Waals surface area contributed by atoms with Crippen molar-refractivity contribution in [2.45, 2.75) is 38.3 Å². The van der Waals surface area contributed by atoms with Gasteiger partial charge in [-0.05, 0) is 30.5 Å². The number of hydrogen-bond donors (Lipinski definition) is 1. The molecule has 0 aliphatic carbocycles. The molecule has 96 valence electrons. The zero-order valence-corrected chi connectivity index (χ0v) is 11.0. The molecule has 1 aliphatic rings. The quantitative estimate of drug-likeness (QED) is 0.803. The van der Waals surface area contributed by atoms with Crippen LogP contribution in [0.3, 0.4) is 0 Å². The van der Waals surface area contributed by atoms with Gasteiger partial charge in [-0.1, -0.05) is 31.2 Å². The zero-order valence-electron chi connectivity index (χ0n) is 11.0. The second-order valence-electron chi connectivity index (χ2n) is 4.71. The van der Waals surface area contributed by atoms with E-state index in [4.69, 9.17) is 11.2 Å². The largest absolute Gasteiger partial charge is 0.372 e. The van der Waals surface area contributed by atoms with Gasteiger partial charge in [0.1, 0.15) is 0 Å². The number of nitrogens with one attached hydrogen (secondary N) is 1. The molecule has 2 heteroatoms. The molecule has 0 spiro atoms. The van der Waals surface area contributed by atoms with Crippen molar-refractivity contribution in [2.24, 2.45) is 0 Å². The van der Waals surface area contributed by atoms with Gasteiger partial charge < -0.3 is 10.1 Å². The highest BCUT2D eigenvalue weighted by atomic mass is 16.5. The lowest BCUT2D eigenvalue weighted by molar-refractivity contribution is 0.0166. The van der Waals surface area contributed by atoms with E-state index in [2.05, 4.69) is 42.4 Å². The van der Waals surface area contributed by atoms with Crippen molar-refractivity contribution >= 4 is 0 Å². The molecule has 1 aliphatic heterocycles. The first kappa shape index (κ1) is 13.1. The molecular formula is C16H21NO. The van der Waals surface area contributed by atoms with Gasteiger partial charge in [0.2, 0.25) is 0 Å². The summed E-state index contributed by atoms with van der Waals surface area (Å²) in [7, 11) is 0. The number of fused-ring (bicyclic) bond motifs is 1. The van der Waals surface area contributed by atoms with Crippen LogP contribution < -0.4 is 5.32 Å². The Morgan fingerprint density at radius 3 is 3.11 bits per heavy atom. The molecule has 0 saturated carbocycles. The Bertz CT molecular complexity index is 421. The van der Waals surface area contributed by atoms with Crippen LogP contribution in [0.1, 0.15) is 37.0 Å². The molecule has 0 aromatic heterocycles. The van der Waals surface area contributed by atoms with Crippen molar-refractivity contribution in [1.82, 2.24) is 5.32 Å². The third-order valence-corrected chi connectivity index (χ3v) is 3.39. The van der Waals surface area contributed by atoms with Crippen LogP contribution >= 0.6 is 0 Å². The topological polar surface area (TPSA) is 21.3 Å². The maximum absolute atomic E-state index is 5.96. The van der Waals surface area contributed by atoms with Gasteiger partial charge in [-0.25, -0.2) is 0 Å². The third kappa shape index (κ3) is 2.93. The highest BCUT2D eigenvalue weighted by molar-refractivity contribution is 5.32. The van der Waals surface area contributed by atoms with Gasteiger partial charge in [0.05, 0.1) is 12.7 Å². The first-order valence-corrected chi connectivity index (χ1v) is 6.73. The molecular weight excluding hydrogens is 222 g/mol. The summed E-state index contributed by atoms with van der Waals surface area (Å²) in [6.45, 7) is 3.93. The Labute approximate surface area is 110 Å². The van der Waals surface area contributed by atoms with E-state index in [9.17, 15) is 0 Å². The Morgan fingerprint density at radius 1 is 1.50 bits per heavy atom. The van der Waals surface area contributed by atoms with E-state index in [0.717, 1.165) is 26.0 Å². The number of rotatable bonds is 5. The van der Waals surface area contributed by atoms with Crippen molar-refractivity contribution in [1.29, 1.82) is 0 Å². The lowest BCUT2D eigenvalue weighted by Gasteiger charge is -2.32. The maximum Gasteiger partial charge on any atom is 0.0989 e. The molecule has 18 heavy (non-hydrogen) atoms. The highest BCUT2D eigenvalue weighted by Crippen LogP contribution is 2.30. The number of benzene rings is 1. The van der Waals surface area contributed by atoms with Crippen molar-refractivity contribution in [3.63, 3.8) is 0 Å². The summed E-state index contributed by atoms with van der Waals surface area (Å²) in [5, 5.41) is 3.51. The average molecular weight is 243 g/mol. The second kappa shape index (κ2) is 6.58. The summed E-state index contributed by atoms with van der Waals surface area (Å²) in [5.41, 5.74) is 2.70. The third-order valence-electron chi connectivity index (χ3n) is 3.39. The van der Waals surface area contributed by atoms with Gasteiger partial charge in [0, 0.05) is 12.5 Å². The van der Waals surface area contributed by atoms with Gasteiger partial charge in [0.15, 0.2) is 0 Å². The lowest BCUT2D eigenvalue weighted by Crippen LogP contribution is -2.38. The van der Waals surface area contributed by atoms with Crippen LogP contribution in [0.2, 0.25) is 0 Å². The number of terminal acetylenes is 1. The fourth-order valence-corrected chi connectivity index (χ4v) is 2.50. The molecule has 2 nitrogen and oxygen atoms in total. The highest BCUT2D eigenvalue weighted by Gasteiger charge is 2.27. The van der Waals surface area contributed by atoms with E-state index in [-0.39, 0.29) is 12.1 Å². The van der Waals surface area contributed by atoms with Crippen LogP contribution in [0, 0.1) is 12.3 Å². The van der Waals surface area contributed by atoms with Crippen molar-refractivity contribution < 1.29 is 4.74 Å². The van der Waals surface area contributed by atoms with Crippen molar-refractivity contribution in [2.75, 3.05) is 13.2 Å². The number of hydrogen-bond acceptors (Lipinski definition) is 2. The molecule has 1 aromatic rings. The predicted molar refractivity (Wildman–Crippen MR) is 74.4 cm³/mol. The van der Waals surface area contributed by atoms with Crippen molar-refractivity contribution in [3.8, 4) is 12.3 Å². The summed E-state index contributed by atoms with van der Waals surface area (Å²) in [4.78, 5) is 0. The van der Waals surface area contributed by atoms with Crippen LogP contribution in [-0.4, -0.2) is 19.2 Å². The Balaban J connectivity index is 2.18. The Hall–Kier alpha value is -1.30. The molecule has 1 heterocycles. The molecule has 0 amide bonds.